The van der Waals surface area contributed by atoms with Crippen molar-refractivity contribution in [3.63, 3.8) is 0 Å². The molecule has 4 fully saturated rings. The molecule has 2 saturated heterocycles. The number of aryl methyl sites for hydroxylation is 1. The summed E-state index contributed by atoms with van der Waals surface area (Å²) in [7, 11) is 1.49. The monoisotopic (exact) mass is 618 g/mol. The number of piperidine rings is 1. The lowest BCUT2D eigenvalue weighted by Gasteiger charge is -2.39. The molecule has 3 aromatic rings. The number of aromatic nitrogens is 2. The Labute approximate surface area is 260 Å². The first-order chi connectivity index (χ1) is 21.8. The van der Waals surface area contributed by atoms with Crippen molar-refractivity contribution in [2.75, 3.05) is 31.6 Å². The van der Waals surface area contributed by atoms with E-state index in [0.29, 0.717) is 49.1 Å². The molecule has 1 N–H and O–H groups in total. The number of hydrogen-bond acceptors (Lipinski definition) is 8. The maximum atomic E-state index is 16.1. The van der Waals surface area contributed by atoms with Crippen LogP contribution < -0.4 is 19.8 Å². The first-order valence-corrected chi connectivity index (χ1v) is 16.2. The first-order valence-electron chi connectivity index (χ1n) is 16.2. The minimum absolute atomic E-state index is 0.0404. The van der Waals surface area contributed by atoms with E-state index in [2.05, 4.69) is 9.80 Å². The number of nitrogens with zero attached hydrogens (tertiary/aromatic N) is 4. The van der Waals surface area contributed by atoms with Crippen LogP contribution in [0.1, 0.15) is 84.6 Å². The average molecular weight is 619 g/mol. The fourth-order valence-electron chi connectivity index (χ4n) is 8.28. The number of carboxylic acids is 1. The van der Waals surface area contributed by atoms with Gasteiger partial charge in [-0.05, 0) is 69.5 Å². The first kappa shape index (κ1) is 28.8. The molecule has 2 aromatic heterocycles. The van der Waals surface area contributed by atoms with Gasteiger partial charge in [0.25, 0.3) is 0 Å². The molecule has 0 amide bonds. The molecule has 8 rings (SSSR count). The van der Waals surface area contributed by atoms with E-state index < -0.39 is 23.0 Å². The smallest absolute Gasteiger partial charge is 0.341 e. The lowest BCUT2D eigenvalue weighted by atomic mass is 9.91. The van der Waals surface area contributed by atoms with Gasteiger partial charge in [0.1, 0.15) is 17.0 Å². The van der Waals surface area contributed by atoms with E-state index in [1.165, 1.54) is 19.4 Å². The summed E-state index contributed by atoms with van der Waals surface area (Å²) in [4.78, 5) is 34.3. The number of aromatic carboxylic acids is 1. The zero-order chi connectivity index (χ0) is 31.0. The molecule has 2 unspecified atom stereocenters. The second-order valence-corrected chi connectivity index (χ2v) is 13.5. The number of fused-ring (bicyclic) bond motifs is 3. The van der Waals surface area contributed by atoms with Gasteiger partial charge in [-0.2, -0.15) is 0 Å². The number of carboxylic acid groups (broad SMARTS) is 1. The summed E-state index contributed by atoms with van der Waals surface area (Å²) in [5, 5.41) is 9.72. The summed E-state index contributed by atoms with van der Waals surface area (Å²) in [6.07, 6.45) is 11.2. The largest absolute Gasteiger partial charge is 0.492 e. The number of ether oxygens (including phenoxy) is 3. The van der Waals surface area contributed by atoms with Crippen molar-refractivity contribution in [2.45, 2.75) is 89.3 Å². The summed E-state index contributed by atoms with van der Waals surface area (Å²) in [5.41, 5.74) is 2.85. The minimum Gasteiger partial charge on any atom is -0.492 e. The highest BCUT2D eigenvalue weighted by molar-refractivity contribution is 5.97. The number of rotatable bonds is 6. The highest BCUT2D eigenvalue weighted by Crippen LogP contribution is 2.47. The van der Waals surface area contributed by atoms with Crippen molar-refractivity contribution in [3.05, 3.63) is 56.9 Å². The van der Waals surface area contributed by atoms with Gasteiger partial charge in [-0.15, -0.1) is 0 Å². The predicted octanol–water partition coefficient (Wildman–Crippen LogP) is 5.17. The van der Waals surface area contributed by atoms with Crippen LogP contribution in [0.4, 0.5) is 10.1 Å². The number of benzene rings is 1. The molecule has 1 aromatic carbocycles. The van der Waals surface area contributed by atoms with Crippen LogP contribution in [-0.4, -0.2) is 64.1 Å². The summed E-state index contributed by atoms with van der Waals surface area (Å²) in [5.74, 6) is -0.894. The molecule has 238 valence electrons. The summed E-state index contributed by atoms with van der Waals surface area (Å²) in [6, 6.07) is 1.46. The summed E-state index contributed by atoms with van der Waals surface area (Å²) < 4.78 is 36.6. The number of halogens is 1. The van der Waals surface area contributed by atoms with Crippen LogP contribution in [0, 0.1) is 18.7 Å². The quantitative estimate of drug-likeness (QED) is 0.401. The lowest BCUT2D eigenvalue weighted by Crippen LogP contribution is -2.45. The third-order valence-corrected chi connectivity index (χ3v) is 10.7. The van der Waals surface area contributed by atoms with Gasteiger partial charge in [0.2, 0.25) is 11.2 Å². The molecule has 1 spiro atoms. The average Bonchev–Trinajstić information content (AvgIpc) is 3.62. The van der Waals surface area contributed by atoms with E-state index in [1.54, 1.807) is 0 Å². The number of methoxy groups -OCH3 is 1. The van der Waals surface area contributed by atoms with Crippen LogP contribution >= 0.6 is 0 Å². The number of anilines is 1. The van der Waals surface area contributed by atoms with Crippen molar-refractivity contribution < 1.29 is 28.5 Å². The third-order valence-electron chi connectivity index (χ3n) is 10.7. The maximum Gasteiger partial charge on any atom is 0.341 e. The van der Waals surface area contributed by atoms with Crippen molar-refractivity contribution in [3.8, 4) is 11.5 Å². The molecule has 0 bridgehead atoms. The van der Waals surface area contributed by atoms with Gasteiger partial charge in [0, 0.05) is 62.5 Å². The highest BCUT2D eigenvalue weighted by Gasteiger charge is 2.44. The van der Waals surface area contributed by atoms with Gasteiger partial charge in [-0.1, -0.05) is 0 Å². The van der Waals surface area contributed by atoms with E-state index in [4.69, 9.17) is 19.2 Å². The Hall–Kier alpha value is -3.70. The second kappa shape index (κ2) is 10.7. The molecule has 2 atom stereocenters. The molecule has 45 heavy (non-hydrogen) atoms. The van der Waals surface area contributed by atoms with Crippen molar-refractivity contribution in [1.82, 2.24) is 14.5 Å². The van der Waals surface area contributed by atoms with Crippen molar-refractivity contribution in [2.24, 2.45) is 5.92 Å². The zero-order valence-corrected chi connectivity index (χ0v) is 25.8. The fourth-order valence-corrected chi connectivity index (χ4v) is 8.28. The standard InChI is InChI=1S/C34H39FN4O6/c1-19-31-25(18-44-34(45-31)9-3-4-10-34)21(13-36-19)15-37-11-5-6-20-14-38(17-27(20)37)29-26(35)12-23-28(32(29)43-2)39(22-7-8-22)16-24(30(23)40)33(41)42/h12-13,16,20,22,27H,3-11,14-15,17-18H2,1-2H3,(H,41,42). The minimum atomic E-state index is -1.32. The van der Waals surface area contributed by atoms with Crippen LogP contribution in [0.3, 0.4) is 0 Å². The van der Waals surface area contributed by atoms with Crippen LogP contribution in [0.2, 0.25) is 0 Å². The van der Waals surface area contributed by atoms with E-state index in [0.717, 1.165) is 80.5 Å². The molecular formula is C34H39FN4O6. The Morgan fingerprint density at radius 3 is 2.73 bits per heavy atom. The van der Waals surface area contributed by atoms with Crippen LogP contribution in [0.5, 0.6) is 11.5 Å². The molecule has 2 aliphatic carbocycles. The van der Waals surface area contributed by atoms with E-state index >= 15 is 4.39 Å². The second-order valence-electron chi connectivity index (χ2n) is 13.5. The van der Waals surface area contributed by atoms with E-state index in [-0.39, 0.29) is 23.0 Å². The lowest BCUT2D eigenvalue weighted by molar-refractivity contribution is -0.201. The third kappa shape index (κ3) is 4.69. The van der Waals surface area contributed by atoms with Crippen LogP contribution in [-0.2, 0) is 17.9 Å². The Balaban J connectivity index is 1.12. The fraction of sp³-hybridized carbons (Fsp3) is 0.559. The van der Waals surface area contributed by atoms with Crippen LogP contribution in [0.15, 0.2) is 23.3 Å². The van der Waals surface area contributed by atoms with Crippen LogP contribution in [0.25, 0.3) is 10.9 Å². The molecule has 2 saturated carbocycles. The Bertz CT molecular complexity index is 1760. The van der Waals surface area contributed by atoms with Gasteiger partial charge < -0.3 is 28.8 Å². The van der Waals surface area contributed by atoms with Crippen molar-refractivity contribution in [1.29, 1.82) is 0 Å². The number of carbonyl (C=O) groups is 1. The number of hydrogen-bond donors (Lipinski definition) is 1. The van der Waals surface area contributed by atoms with Gasteiger partial charge in [-0.3, -0.25) is 14.7 Å². The molecule has 0 radical (unpaired) electrons. The molecular weight excluding hydrogens is 579 g/mol. The molecule has 11 heteroatoms. The van der Waals surface area contributed by atoms with Crippen molar-refractivity contribution >= 4 is 22.6 Å². The highest BCUT2D eigenvalue weighted by atomic mass is 19.1. The molecule has 10 nitrogen and oxygen atoms in total. The molecule has 3 aliphatic heterocycles. The predicted molar refractivity (Wildman–Crippen MR) is 165 cm³/mol. The van der Waals surface area contributed by atoms with Gasteiger partial charge in [0.15, 0.2) is 11.6 Å². The number of pyridine rings is 2. The van der Waals surface area contributed by atoms with Gasteiger partial charge in [-0.25, -0.2) is 9.18 Å². The maximum absolute atomic E-state index is 16.1. The summed E-state index contributed by atoms with van der Waals surface area (Å²) >= 11 is 0. The van der Waals surface area contributed by atoms with E-state index in [9.17, 15) is 14.7 Å². The Kier molecular flexibility index (Phi) is 6.83. The molecule has 5 aliphatic rings. The van der Waals surface area contributed by atoms with Gasteiger partial charge >= 0.3 is 5.97 Å². The zero-order valence-electron chi connectivity index (χ0n) is 25.8. The number of likely N-dealkylation sites (tertiary alicyclic amines) is 1. The molecule has 5 heterocycles. The Morgan fingerprint density at radius 2 is 2.00 bits per heavy atom. The van der Waals surface area contributed by atoms with E-state index in [1.807, 2.05) is 17.7 Å². The normalized spacial score (nSPS) is 24.1. The Morgan fingerprint density at radius 1 is 1.20 bits per heavy atom. The SMILES string of the molecule is COc1c(N2CC3CCCN(Cc4cnc(C)c5c4COC4(CCCC4)O5)C3C2)c(F)cc2c(=O)c(C(=O)O)cn(C3CC3)c12. The summed E-state index contributed by atoms with van der Waals surface area (Å²) in [6.45, 7) is 5.44. The van der Waals surface area contributed by atoms with Gasteiger partial charge in [0.05, 0.1) is 30.3 Å². The topological polar surface area (TPSA) is 106 Å².